The molecule has 3 nitrogen and oxygen atoms in total. The molecule has 1 amide bonds. The molecule has 0 unspecified atom stereocenters. The fourth-order valence-corrected chi connectivity index (χ4v) is 1.29. The minimum Gasteiger partial charge on any atom is -0.483 e. The predicted octanol–water partition coefficient (Wildman–Crippen LogP) is 2.61. The van der Waals surface area contributed by atoms with Crippen molar-refractivity contribution < 1.29 is 22.7 Å². The summed E-state index contributed by atoms with van der Waals surface area (Å²) in [5, 5.41) is 2.52. The first-order valence-electron chi connectivity index (χ1n) is 5.51. The first-order valence-corrected chi connectivity index (χ1v) is 5.51. The van der Waals surface area contributed by atoms with E-state index < -0.39 is 24.3 Å². The van der Waals surface area contributed by atoms with Crippen LogP contribution in [-0.4, -0.2) is 19.1 Å². The molecule has 0 atom stereocenters. The van der Waals surface area contributed by atoms with Crippen LogP contribution >= 0.6 is 0 Å². The minimum absolute atomic E-state index is 0.336. The van der Waals surface area contributed by atoms with Crippen LogP contribution in [0.1, 0.15) is 18.9 Å². The van der Waals surface area contributed by atoms with Crippen molar-refractivity contribution >= 4 is 5.91 Å². The van der Waals surface area contributed by atoms with Crippen molar-refractivity contribution in [2.24, 2.45) is 0 Å². The molecule has 0 radical (unpaired) electrons. The molecule has 1 rings (SSSR count). The lowest BCUT2D eigenvalue weighted by molar-refractivity contribution is -0.139. The summed E-state index contributed by atoms with van der Waals surface area (Å²) >= 11 is 0. The number of nitrogens with one attached hydrogen (secondary N) is 1. The third-order valence-corrected chi connectivity index (χ3v) is 2.12. The van der Waals surface area contributed by atoms with E-state index in [0.717, 1.165) is 12.5 Å². The van der Waals surface area contributed by atoms with E-state index in [4.69, 9.17) is 4.74 Å². The van der Waals surface area contributed by atoms with Crippen molar-refractivity contribution in [3.8, 4) is 5.75 Å². The topological polar surface area (TPSA) is 38.3 Å². The lowest BCUT2D eigenvalue weighted by atomic mass is 10.2. The van der Waals surface area contributed by atoms with Gasteiger partial charge in [-0.25, -0.2) is 0 Å². The van der Waals surface area contributed by atoms with Crippen LogP contribution in [0.5, 0.6) is 5.75 Å². The number of carbonyl (C=O) groups is 1. The molecule has 0 spiro atoms. The second-order valence-electron chi connectivity index (χ2n) is 3.63. The summed E-state index contributed by atoms with van der Waals surface area (Å²) in [4.78, 5) is 11.2. The number of halogens is 3. The number of ether oxygens (including phenoxy) is 1. The highest BCUT2D eigenvalue weighted by atomic mass is 19.4. The van der Waals surface area contributed by atoms with Gasteiger partial charge in [-0.05, 0) is 18.6 Å². The number of hydrogen-bond donors (Lipinski definition) is 1. The molecular weight excluding hydrogens is 247 g/mol. The van der Waals surface area contributed by atoms with Crippen LogP contribution in [0.3, 0.4) is 0 Å². The maximum absolute atomic E-state index is 12.6. The zero-order valence-electron chi connectivity index (χ0n) is 9.88. The van der Waals surface area contributed by atoms with E-state index in [1.165, 1.54) is 18.2 Å². The van der Waals surface area contributed by atoms with Gasteiger partial charge in [0.25, 0.3) is 5.91 Å². The van der Waals surface area contributed by atoms with Gasteiger partial charge in [-0.1, -0.05) is 19.1 Å². The smallest absolute Gasteiger partial charge is 0.419 e. The fraction of sp³-hybridized carbons (Fsp3) is 0.417. The van der Waals surface area contributed by atoms with Gasteiger partial charge in [0.1, 0.15) is 5.75 Å². The summed E-state index contributed by atoms with van der Waals surface area (Å²) < 4.78 is 42.7. The van der Waals surface area contributed by atoms with Crippen molar-refractivity contribution in [2.45, 2.75) is 19.5 Å². The Balaban J connectivity index is 2.65. The second kappa shape index (κ2) is 6.28. The molecule has 6 heteroatoms. The predicted molar refractivity (Wildman–Crippen MR) is 60.2 cm³/mol. The Morgan fingerprint density at radius 3 is 2.61 bits per heavy atom. The number of rotatable bonds is 5. The van der Waals surface area contributed by atoms with Gasteiger partial charge in [0.15, 0.2) is 6.61 Å². The van der Waals surface area contributed by atoms with E-state index in [1.54, 1.807) is 0 Å². The molecule has 0 saturated heterocycles. The van der Waals surface area contributed by atoms with E-state index in [2.05, 4.69) is 5.32 Å². The minimum atomic E-state index is -4.49. The van der Waals surface area contributed by atoms with Gasteiger partial charge >= 0.3 is 6.18 Å². The molecule has 1 N–H and O–H groups in total. The summed E-state index contributed by atoms with van der Waals surface area (Å²) in [5.41, 5.74) is -0.881. The van der Waals surface area contributed by atoms with Crippen LogP contribution in [0.4, 0.5) is 13.2 Å². The van der Waals surface area contributed by atoms with Crippen molar-refractivity contribution in [1.29, 1.82) is 0 Å². The van der Waals surface area contributed by atoms with Gasteiger partial charge < -0.3 is 10.1 Å². The molecule has 0 bridgehead atoms. The molecule has 0 aliphatic rings. The van der Waals surface area contributed by atoms with Gasteiger partial charge in [0.2, 0.25) is 0 Å². The van der Waals surface area contributed by atoms with E-state index in [1.807, 2.05) is 6.92 Å². The Labute approximate surface area is 103 Å². The molecule has 18 heavy (non-hydrogen) atoms. The standard InChI is InChI=1S/C12H14F3NO2/c1-2-7-16-11(17)8-18-10-6-4-3-5-9(10)12(13,14)15/h3-6H,2,7-8H2,1H3,(H,16,17). The number of para-hydroxylation sites is 1. The van der Waals surface area contributed by atoms with E-state index >= 15 is 0 Å². The normalized spacial score (nSPS) is 11.1. The largest absolute Gasteiger partial charge is 0.483 e. The van der Waals surface area contributed by atoms with Gasteiger partial charge in [-0.2, -0.15) is 13.2 Å². The molecule has 1 aromatic rings. The van der Waals surface area contributed by atoms with Crippen molar-refractivity contribution in [1.82, 2.24) is 5.32 Å². The molecule has 0 heterocycles. The quantitative estimate of drug-likeness (QED) is 0.884. The Morgan fingerprint density at radius 2 is 2.00 bits per heavy atom. The Kier molecular flexibility index (Phi) is 5.00. The summed E-state index contributed by atoms with van der Waals surface area (Å²) in [6.45, 7) is 1.93. The molecule has 0 saturated carbocycles. The Bertz CT molecular complexity index is 405. The van der Waals surface area contributed by atoms with Gasteiger partial charge in [-0.15, -0.1) is 0 Å². The lowest BCUT2D eigenvalue weighted by Crippen LogP contribution is -2.29. The highest BCUT2D eigenvalue weighted by molar-refractivity contribution is 5.77. The molecule has 0 aliphatic carbocycles. The second-order valence-corrected chi connectivity index (χ2v) is 3.63. The average Bonchev–Trinajstić information content (AvgIpc) is 2.33. The van der Waals surface area contributed by atoms with Gasteiger partial charge in [-0.3, -0.25) is 4.79 Å². The molecule has 100 valence electrons. The summed E-state index contributed by atoms with van der Waals surface area (Å²) in [7, 11) is 0. The third kappa shape index (κ3) is 4.27. The monoisotopic (exact) mass is 261 g/mol. The average molecular weight is 261 g/mol. The van der Waals surface area contributed by atoms with Crippen molar-refractivity contribution in [2.75, 3.05) is 13.2 Å². The number of benzene rings is 1. The lowest BCUT2D eigenvalue weighted by Gasteiger charge is -2.13. The van der Waals surface area contributed by atoms with Crippen LogP contribution in [0, 0.1) is 0 Å². The number of amides is 1. The van der Waals surface area contributed by atoms with E-state index in [9.17, 15) is 18.0 Å². The van der Waals surface area contributed by atoms with E-state index in [-0.39, 0.29) is 5.75 Å². The molecule has 1 aromatic carbocycles. The molecule has 0 aliphatic heterocycles. The fourth-order valence-electron chi connectivity index (χ4n) is 1.29. The van der Waals surface area contributed by atoms with Crippen LogP contribution in [0.2, 0.25) is 0 Å². The number of carbonyl (C=O) groups excluding carboxylic acids is 1. The van der Waals surface area contributed by atoms with Crippen LogP contribution < -0.4 is 10.1 Å². The van der Waals surface area contributed by atoms with Crippen LogP contribution in [-0.2, 0) is 11.0 Å². The highest BCUT2D eigenvalue weighted by Gasteiger charge is 2.34. The Hall–Kier alpha value is -1.72. The summed E-state index contributed by atoms with van der Waals surface area (Å²) in [6, 6.07) is 4.80. The maximum Gasteiger partial charge on any atom is 0.419 e. The van der Waals surface area contributed by atoms with Crippen molar-refractivity contribution in [3.63, 3.8) is 0 Å². The molecular formula is C12H14F3NO2. The van der Waals surface area contributed by atoms with E-state index in [0.29, 0.717) is 6.54 Å². The molecule has 0 fully saturated rings. The Morgan fingerprint density at radius 1 is 1.33 bits per heavy atom. The first-order chi connectivity index (χ1) is 8.45. The first kappa shape index (κ1) is 14.3. The summed E-state index contributed by atoms with van der Waals surface area (Å²) in [6.07, 6.45) is -3.73. The zero-order valence-corrected chi connectivity index (χ0v) is 9.88. The SMILES string of the molecule is CCCNC(=O)COc1ccccc1C(F)(F)F. The highest BCUT2D eigenvalue weighted by Crippen LogP contribution is 2.35. The van der Waals surface area contributed by atoms with Crippen LogP contribution in [0.15, 0.2) is 24.3 Å². The van der Waals surface area contributed by atoms with Crippen LogP contribution in [0.25, 0.3) is 0 Å². The summed E-state index contributed by atoms with van der Waals surface area (Å²) in [5.74, 6) is -0.773. The molecule has 0 aromatic heterocycles. The zero-order chi connectivity index (χ0) is 13.6. The number of alkyl halides is 3. The van der Waals surface area contributed by atoms with Gasteiger partial charge in [0, 0.05) is 6.54 Å². The number of hydrogen-bond acceptors (Lipinski definition) is 2. The van der Waals surface area contributed by atoms with Crippen molar-refractivity contribution in [3.05, 3.63) is 29.8 Å². The maximum atomic E-state index is 12.6. The third-order valence-electron chi connectivity index (χ3n) is 2.12. The van der Waals surface area contributed by atoms with Gasteiger partial charge in [0.05, 0.1) is 5.56 Å².